The van der Waals surface area contributed by atoms with E-state index in [2.05, 4.69) is 0 Å². The molecule has 1 aromatic carbocycles. The molecule has 0 amide bonds. The van der Waals surface area contributed by atoms with Crippen molar-refractivity contribution in [1.29, 1.82) is 5.41 Å². The number of nitrogens with zero attached hydrogens (tertiary/aromatic N) is 1. The molecule has 102 valence electrons. The zero-order chi connectivity index (χ0) is 14.4. The van der Waals surface area contributed by atoms with Gasteiger partial charge in [0.15, 0.2) is 0 Å². The minimum absolute atomic E-state index is 0.00516. The lowest BCUT2D eigenvalue weighted by Crippen LogP contribution is -2.33. The molecule has 0 saturated carbocycles. The highest BCUT2D eigenvalue weighted by atomic mass is 35.5. The summed E-state index contributed by atoms with van der Waals surface area (Å²) in [4.78, 5) is 23.5. The van der Waals surface area contributed by atoms with E-state index >= 15 is 0 Å². The third-order valence-corrected chi connectivity index (χ3v) is 2.72. The van der Waals surface area contributed by atoms with Gasteiger partial charge >= 0.3 is 5.97 Å². The van der Waals surface area contributed by atoms with Gasteiger partial charge in [-0.3, -0.25) is 15.0 Å². The number of nitrogens with one attached hydrogen (secondary N) is 1. The maximum atomic E-state index is 11.8. The smallest absolute Gasteiger partial charge is 0.323 e. The molecule has 0 atom stereocenters. The first-order valence-corrected chi connectivity index (χ1v) is 6.02. The number of halogens is 1. The van der Waals surface area contributed by atoms with Crippen molar-refractivity contribution >= 4 is 29.2 Å². The average molecular weight is 283 g/mol. The Morgan fingerprint density at radius 3 is 2.68 bits per heavy atom. The number of carbonyl (C=O) groups is 2. The second kappa shape index (κ2) is 6.89. The molecule has 0 aliphatic carbocycles. The summed E-state index contributed by atoms with van der Waals surface area (Å²) in [6.45, 7) is -0.288. The number of Topliss-reactive ketones (excluding diaryl/α,β-unsaturated/α-hetero) is 1. The predicted molar refractivity (Wildman–Crippen MR) is 72.8 cm³/mol. The summed E-state index contributed by atoms with van der Waals surface area (Å²) in [7, 11) is 1.48. The lowest BCUT2D eigenvalue weighted by Gasteiger charge is -2.16. The van der Waals surface area contributed by atoms with Crippen molar-refractivity contribution < 1.29 is 14.7 Å². The van der Waals surface area contributed by atoms with Gasteiger partial charge in [0.2, 0.25) is 0 Å². The summed E-state index contributed by atoms with van der Waals surface area (Å²) in [5.74, 6) is -1.19. The van der Waals surface area contributed by atoms with E-state index in [9.17, 15) is 9.59 Å². The van der Waals surface area contributed by atoms with Crippen molar-refractivity contribution in [2.75, 3.05) is 13.6 Å². The molecule has 0 aliphatic rings. The molecule has 0 radical (unpaired) electrons. The van der Waals surface area contributed by atoms with Gasteiger partial charge in [-0.05, 0) is 17.7 Å². The minimum Gasteiger partial charge on any atom is -0.480 e. The molecular weight excluding hydrogens is 268 g/mol. The molecular formula is C13H15ClN2O3. The number of likely N-dealkylation sites (N-methyl/N-ethyl adjacent to an activating group) is 1. The lowest BCUT2D eigenvalue weighted by molar-refractivity contribution is -0.137. The number of aliphatic carboxylic acids is 1. The van der Waals surface area contributed by atoms with Gasteiger partial charge in [-0.25, -0.2) is 0 Å². The molecule has 0 aromatic heterocycles. The molecule has 0 spiro atoms. The Labute approximate surface area is 116 Å². The fourth-order valence-electron chi connectivity index (χ4n) is 1.56. The van der Waals surface area contributed by atoms with E-state index in [4.69, 9.17) is 22.1 Å². The van der Waals surface area contributed by atoms with Crippen LogP contribution in [0.4, 0.5) is 0 Å². The molecule has 0 unspecified atom stereocenters. The Morgan fingerprint density at radius 1 is 1.42 bits per heavy atom. The summed E-state index contributed by atoms with van der Waals surface area (Å²) < 4.78 is 0. The number of carbonyl (C=O) groups excluding carboxylic acids is 1. The SMILES string of the molecule is CN(CC(=O)O)C(=N)CC(=O)Cc1cccc(Cl)c1. The van der Waals surface area contributed by atoms with Crippen molar-refractivity contribution in [2.24, 2.45) is 0 Å². The van der Waals surface area contributed by atoms with Crippen LogP contribution in [0.2, 0.25) is 5.02 Å². The van der Waals surface area contributed by atoms with Crippen LogP contribution in [0.25, 0.3) is 0 Å². The van der Waals surface area contributed by atoms with Crippen molar-refractivity contribution in [3.8, 4) is 0 Å². The molecule has 1 aromatic rings. The van der Waals surface area contributed by atoms with Crippen molar-refractivity contribution in [2.45, 2.75) is 12.8 Å². The quantitative estimate of drug-likeness (QED) is 0.616. The van der Waals surface area contributed by atoms with Crippen LogP contribution in [0.5, 0.6) is 0 Å². The Morgan fingerprint density at radius 2 is 2.11 bits per heavy atom. The van der Waals surface area contributed by atoms with Crippen LogP contribution in [0.1, 0.15) is 12.0 Å². The van der Waals surface area contributed by atoms with Crippen LogP contribution in [-0.4, -0.2) is 41.2 Å². The first-order chi connectivity index (χ1) is 8.88. The molecule has 0 aliphatic heterocycles. The van der Waals surface area contributed by atoms with E-state index in [1.165, 1.54) is 11.9 Å². The second-order valence-electron chi connectivity index (χ2n) is 4.22. The fraction of sp³-hybridized carbons (Fsp3) is 0.308. The molecule has 0 fully saturated rings. The second-order valence-corrected chi connectivity index (χ2v) is 4.66. The number of carboxylic acid groups (broad SMARTS) is 1. The van der Waals surface area contributed by atoms with Crippen LogP contribution in [-0.2, 0) is 16.0 Å². The monoisotopic (exact) mass is 282 g/mol. The lowest BCUT2D eigenvalue weighted by atomic mass is 10.1. The summed E-state index contributed by atoms with van der Waals surface area (Å²) >= 11 is 5.81. The molecule has 19 heavy (non-hydrogen) atoms. The molecule has 5 nitrogen and oxygen atoms in total. The molecule has 1 rings (SSSR count). The Balaban J connectivity index is 2.51. The number of benzene rings is 1. The van der Waals surface area contributed by atoms with E-state index in [0.29, 0.717) is 5.02 Å². The largest absolute Gasteiger partial charge is 0.480 e. The average Bonchev–Trinajstić information content (AvgIpc) is 2.27. The van der Waals surface area contributed by atoms with E-state index in [1.807, 2.05) is 0 Å². The van der Waals surface area contributed by atoms with Crippen LogP contribution in [0.15, 0.2) is 24.3 Å². The minimum atomic E-state index is -1.03. The number of ketones is 1. The van der Waals surface area contributed by atoms with E-state index in [1.54, 1.807) is 24.3 Å². The van der Waals surface area contributed by atoms with Gasteiger partial charge < -0.3 is 10.0 Å². The summed E-state index contributed by atoms with van der Waals surface area (Å²) in [6, 6.07) is 6.96. The highest BCUT2D eigenvalue weighted by Crippen LogP contribution is 2.12. The van der Waals surface area contributed by atoms with Gasteiger partial charge in [0.1, 0.15) is 18.2 Å². The maximum absolute atomic E-state index is 11.8. The number of hydrogen-bond donors (Lipinski definition) is 2. The standard InChI is InChI=1S/C13H15ClN2O3/c1-16(8-13(18)19)12(15)7-11(17)6-9-3-2-4-10(14)5-9/h2-5,15H,6-8H2,1H3,(H,18,19). The van der Waals surface area contributed by atoms with Crippen LogP contribution >= 0.6 is 11.6 Å². The first-order valence-electron chi connectivity index (χ1n) is 5.65. The third-order valence-electron chi connectivity index (χ3n) is 2.49. The maximum Gasteiger partial charge on any atom is 0.323 e. The van der Waals surface area contributed by atoms with Crippen molar-refractivity contribution in [3.63, 3.8) is 0 Å². The fourth-order valence-corrected chi connectivity index (χ4v) is 1.77. The normalized spacial score (nSPS) is 10.0. The Hall–Kier alpha value is -1.88. The van der Waals surface area contributed by atoms with Gasteiger partial charge in [-0.1, -0.05) is 23.7 Å². The molecule has 2 N–H and O–H groups in total. The zero-order valence-electron chi connectivity index (χ0n) is 10.5. The summed E-state index contributed by atoms with van der Waals surface area (Å²) in [5.41, 5.74) is 0.784. The number of rotatable bonds is 6. The van der Waals surface area contributed by atoms with Gasteiger partial charge in [0.25, 0.3) is 0 Å². The van der Waals surface area contributed by atoms with E-state index in [0.717, 1.165) is 5.56 Å². The molecule has 0 saturated heterocycles. The number of hydrogen-bond acceptors (Lipinski definition) is 3. The Bertz CT molecular complexity index is 502. The molecule has 6 heteroatoms. The van der Waals surface area contributed by atoms with Crippen LogP contribution in [0.3, 0.4) is 0 Å². The summed E-state index contributed by atoms with van der Waals surface area (Å²) in [6.07, 6.45) is 0.0974. The third kappa shape index (κ3) is 5.52. The highest BCUT2D eigenvalue weighted by molar-refractivity contribution is 6.30. The van der Waals surface area contributed by atoms with Crippen LogP contribution in [0, 0.1) is 5.41 Å². The van der Waals surface area contributed by atoms with E-state index in [-0.39, 0.29) is 31.0 Å². The highest BCUT2D eigenvalue weighted by Gasteiger charge is 2.13. The number of carboxylic acids is 1. The summed E-state index contributed by atoms with van der Waals surface area (Å²) in [5, 5.41) is 16.8. The van der Waals surface area contributed by atoms with Crippen molar-refractivity contribution in [3.05, 3.63) is 34.9 Å². The van der Waals surface area contributed by atoms with Gasteiger partial charge in [-0.15, -0.1) is 0 Å². The molecule has 0 heterocycles. The zero-order valence-corrected chi connectivity index (χ0v) is 11.3. The van der Waals surface area contributed by atoms with Crippen molar-refractivity contribution in [1.82, 2.24) is 4.90 Å². The Kier molecular flexibility index (Phi) is 5.51. The van der Waals surface area contributed by atoms with Crippen LogP contribution < -0.4 is 0 Å². The van der Waals surface area contributed by atoms with Gasteiger partial charge in [0.05, 0.1) is 6.42 Å². The van der Waals surface area contributed by atoms with E-state index < -0.39 is 5.97 Å². The molecule has 0 bridgehead atoms. The first kappa shape index (κ1) is 15.2. The van der Waals surface area contributed by atoms with Gasteiger partial charge in [-0.2, -0.15) is 0 Å². The topological polar surface area (TPSA) is 81.5 Å². The number of amidine groups is 1. The van der Waals surface area contributed by atoms with Gasteiger partial charge in [0, 0.05) is 18.5 Å². The predicted octanol–water partition coefficient (Wildman–Crippen LogP) is 1.84.